The minimum Gasteiger partial charge on any atom is -0.381 e. The van der Waals surface area contributed by atoms with E-state index in [9.17, 15) is 0 Å². The smallest absolute Gasteiger partial charge is 0.0992 e. The Hall–Kier alpha value is -1.01. The molecule has 1 saturated carbocycles. The number of hydrogen-bond donors (Lipinski definition) is 1. The van der Waals surface area contributed by atoms with Crippen molar-refractivity contribution in [3.8, 4) is 6.07 Å². The zero-order valence-electron chi connectivity index (χ0n) is 10.7. The number of benzene rings is 1. The highest BCUT2D eigenvalue weighted by molar-refractivity contribution is 9.10. The molecule has 2 nitrogen and oxygen atoms in total. The number of anilines is 1. The van der Waals surface area contributed by atoms with Crippen LogP contribution in [0.3, 0.4) is 0 Å². The second-order valence-electron chi connectivity index (χ2n) is 5.08. The summed E-state index contributed by atoms with van der Waals surface area (Å²) in [6.45, 7) is 2.29. The predicted molar refractivity (Wildman–Crippen MR) is 78.5 cm³/mol. The monoisotopic (exact) mass is 306 g/mol. The molecule has 0 aliphatic heterocycles. The van der Waals surface area contributed by atoms with Crippen LogP contribution in [0.1, 0.15) is 44.6 Å². The van der Waals surface area contributed by atoms with Gasteiger partial charge in [-0.05, 0) is 65.7 Å². The molecule has 96 valence electrons. The van der Waals surface area contributed by atoms with Crippen LogP contribution < -0.4 is 5.32 Å². The third-order valence-electron chi connectivity index (χ3n) is 3.88. The molecule has 18 heavy (non-hydrogen) atoms. The van der Waals surface area contributed by atoms with Crippen molar-refractivity contribution >= 4 is 21.6 Å². The number of halogens is 1. The fourth-order valence-corrected chi connectivity index (χ4v) is 3.13. The highest BCUT2D eigenvalue weighted by Gasteiger charge is 2.20. The number of nitriles is 1. The first-order valence-corrected chi connectivity index (χ1v) is 7.48. The van der Waals surface area contributed by atoms with E-state index in [1.165, 1.54) is 32.1 Å². The summed E-state index contributed by atoms with van der Waals surface area (Å²) in [5, 5.41) is 12.4. The molecule has 1 aliphatic carbocycles. The predicted octanol–water partition coefficient (Wildman–Crippen LogP) is 4.70. The maximum absolute atomic E-state index is 8.84. The van der Waals surface area contributed by atoms with Gasteiger partial charge in [-0.25, -0.2) is 0 Å². The Bertz CT molecular complexity index is 442. The maximum atomic E-state index is 8.84. The zero-order valence-corrected chi connectivity index (χ0v) is 12.3. The van der Waals surface area contributed by atoms with E-state index in [4.69, 9.17) is 5.26 Å². The molecule has 1 aromatic carbocycles. The maximum Gasteiger partial charge on any atom is 0.0992 e. The van der Waals surface area contributed by atoms with Crippen LogP contribution in [-0.2, 0) is 0 Å². The van der Waals surface area contributed by atoms with Gasteiger partial charge < -0.3 is 5.32 Å². The third-order valence-corrected chi connectivity index (χ3v) is 4.54. The van der Waals surface area contributed by atoms with Crippen molar-refractivity contribution in [2.45, 2.75) is 45.1 Å². The molecule has 1 fully saturated rings. The summed E-state index contributed by atoms with van der Waals surface area (Å²) < 4.78 is 0.985. The Balaban J connectivity index is 1.96. The minimum atomic E-state index is 0.581. The van der Waals surface area contributed by atoms with Crippen LogP contribution in [0, 0.1) is 17.2 Å². The molecule has 2 rings (SSSR count). The summed E-state index contributed by atoms with van der Waals surface area (Å²) in [5.41, 5.74) is 1.80. The fraction of sp³-hybridized carbons (Fsp3) is 0.533. The van der Waals surface area contributed by atoms with Gasteiger partial charge in [0, 0.05) is 16.2 Å². The Kier molecular flexibility index (Phi) is 4.66. The van der Waals surface area contributed by atoms with Crippen LogP contribution in [0.4, 0.5) is 5.69 Å². The molecule has 0 radical (unpaired) electrons. The van der Waals surface area contributed by atoms with Crippen LogP contribution in [0.2, 0.25) is 0 Å². The quantitative estimate of drug-likeness (QED) is 0.878. The molecule has 0 saturated heterocycles. The van der Waals surface area contributed by atoms with Gasteiger partial charge in [0.05, 0.1) is 11.6 Å². The molecule has 0 amide bonds. The lowest BCUT2D eigenvalue weighted by molar-refractivity contribution is 0.330. The zero-order chi connectivity index (χ0) is 13.0. The molecule has 0 spiro atoms. The summed E-state index contributed by atoms with van der Waals surface area (Å²) >= 11 is 3.53. The van der Waals surface area contributed by atoms with Gasteiger partial charge in [0.2, 0.25) is 0 Å². The van der Waals surface area contributed by atoms with Crippen molar-refractivity contribution in [3.05, 3.63) is 28.2 Å². The van der Waals surface area contributed by atoms with Crippen LogP contribution in [-0.4, -0.2) is 6.04 Å². The standard InChI is InChI=1S/C15H19BrN2/c1-2-11-3-6-13(7-4-11)18-15-8-5-12(10-17)9-14(15)16/h5,8-9,11,13,18H,2-4,6-7H2,1H3. The molecule has 0 heterocycles. The topological polar surface area (TPSA) is 35.8 Å². The lowest BCUT2D eigenvalue weighted by atomic mass is 9.84. The van der Waals surface area contributed by atoms with Gasteiger partial charge in [-0.15, -0.1) is 0 Å². The number of hydrogen-bond acceptors (Lipinski definition) is 2. The summed E-state index contributed by atoms with van der Waals surface area (Å²) in [5.74, 6) is 0.924. The van der Waals surface area contributed by atoms with E-state index in [2.05, 4.69) is 34.2 Å². The highest BCUT2D eigenvalue weighted by Crippen LogP contribution is 2.31. The molecular formula is C15H19BrN2. The molecule has 3 heteroatoms. The van der Waals surface area contributed by atoms with E-state index in [-0.39, 0.29) is 0 Å². The van der Waals surface area contributed by atoms with Crippen molar-refractivity contribution in [3.63, 3.8) is 0 Å². The van der Waals surface area contributed by atoms with Gasteiger partial charge in [0.25, 0.3) is 0 Å². The average molecular weight is 307 g/mol. The number of nitrogens with one attached hydrogen (secondary N) is 1. The fourth-order valence-electron chi connectivity index (χ4n) is 2.64. The van der Waals surface area contributed by atoms with Crippen molar-refractivity contribution in [2.24, 2.45) is 5.92 Å². The van der Waals surface area contributed by atoms with Gasteiger partial charge in [-0.2, -0.15) is 5.26 Å². The summed E-state index contributed by atoms with van der Waals surface area (Å²) in [4.78, 5) is 0. The van der Waals surface area contributed by atoms with Crippen LogP contribution in [0.5, 0.6) is 0 Å². The Labute approximate surface area is 118 Å². The van der Waals surface area contributed by atoms with Gasteiger partial charge in [0.1, 0.15) is 0 Å². The minimum absolute atomic E-state index is 0.581. The highest BCUT2D eigenvalue weighted by atomic mass is 79.9. The first-order valence-electron chi connectivity index (χ1n) is 6.69. The van der Waals surface area contributed by atoms with E-state index >= 15 is 0 Å². The van der Waals surface area contributed by atoms with E-state index in [0.29, 0.717) is 11.6 Å². The summed E-state index contributed by atoms with van der Waals surface area (Å²) in [6.07, 6.45) is 6.49. The number of nitrogens with zero attached hydrogens (tertiary/aromatic N) is 1. The first kappa shape index (κ1) is 13.4. The molecule has 1 aromatic rings. The molecule has 1 N–H and O–H groups in total. The Morgan fingerprint density at radius 2 is 2.06 bits per heavy atom. The van der Waals surface area contributed by atoms with Gasteiger partial charge >= 0.3 is 0 Å². The Morgan fingerprint density at radius 1 is 1.33 bits per heavy atom. The van der Waals surface area contributed by atoms with E-state index in [1.54, 1.807) is 0 Å². The summed E-state index contributed by atoms with van der Waals surface area (Å²) in [7, 11) is 0. The van der Waals surface area contributed by atoms with Crippen LogP contribution >= 0.6 is 15.9 Å². The third kappa shape index (κ3) is 3.26. The van der Waals surface area contributed by atoms with Crippen LogP contribution in [0.15, 0.2) is 22.7 Å². The molecule has 0 bridgehead atoms. The van der Waals surface area contributed by atoms with E-state index < -0.39 is 0 Å². The Morgan fingerprint density at radius 3 is 2.61 bits per heavy atom. The average Bonchev–Trinajstić information content (AvgIpc) is 2.42. The summed E-state index contributed by atoms with van der Waals surface area (Å²) in [6, 6.07) is 8.47. The van der Waals surface area contributed by atoms with Gasteiger partial charge in [0.15, 0.2) is 0 Å². The lowest BCUT2D eigenvalue weighted by Gasteiger charge is -2.29. The normalized spacial score (nSPS) is 23.4. The SMILES string of the molecule is CCC1CCC(Nc2ccc(C#N)cc2Br)CC1. The molecular weight excluding hydrogens is 288 g/mol. The van der Waals surface area contributed by atoms with Crippen molar-refractivity contribution in [1.29, 1.82) is 5.26 Å². The van der Waals surface area contributed by atoms with Crippen molar-refractivity contribution in [1.82, 2.24) is 0 Å². The van der Waals surface area contributed by atoms with Gasteiger partial charge in [-0.1, -0.05) is 13.3 Å². The van der Waals surface area contributed by atoms with Gasteiger partial charge in [-0.3, -0.25) is 0 Å². The first-order chi connectivity index (χ1) is 8.72. The number of rotatable bonds is 3. The molecule has 0 atom stereocenters. The molecule has 1 aliphatic rings. The van der Waals surface area contributed by atoms with E-state index in [0.717, 1.165) is 16.1 Å². The molecule has 0 unspecified atom stereocenters. The van der Waals surface area contributed by atoms with Crippen molar-refractivity contribution in [2.75, 3.05) is 5.32 Å². The second-order valence-corrected chi connectivity index (χ2v) is 5.93. The largest absolute Gasteiger partial charge is 0.381 e. The lowest BCUT2D eigenvalue weighted by Crippen LogP contribution is -2.26. The van der Waals surface area contributed by atoms with E-state index in [1.807, 2.05) is 18.2 Å². The van der Waals surface area contributed by atoms with Crippen molar-refractivity contribution < 1.29 is 0 Å². The second kappa shape index (κ2) is 6.24. The molecule has 0 aromatic heterocycles. The van der Waals surface area contributed by atoms with Crippen LogP contribution in [0.25, 0.3) is 0 Å².